The summed E-state index contributed by atoms with van der Waals surface area (Å²) in [5, 5.41) is 12.3. The standard InChI is InChI=1S/C29H32N2O2/c1-22(2)18-26(19-23-10-5-3-6-11-23)31-29(32)28-20-24(15-16-25(28)12-9-17-30)21-33-27-13-7-4-8-14-27/h3-8,10-11,13-16,20,22,26H,9,12,18-19,21H2,1-2H3,(H,31,32). The molecule has 0 aromatic heterocycles. The average molecular weight is 441 g/mol. The number of para-hydroxylation sites is 1. The van der Waals surface area contributed by atoms with E-state index in [1.54, 1.807) is 0 Å². The number of benzene rings is 3. The van der Waals surface area contributed by atoms with Gasteiger partial charge in [-0.2, -0.15) is 5.26 Å². The van der Waals surface area contributed by atoms with Crippen LogP contribution >= 0.6 is 0 Å². The summed E-state index contributed by atoms with van der Waals surface area (Å²) < 4.78 is 5.88. The zero-order valence-corrected chi connectivity index (χ0v) is 19.5. The van der Waals surface area contributed by atoms with E-state index in [0.29, 0.717) is 30.9 Å². The summed E-state index contributed by atoms with van der Waals surface area (Å²) in [7, 11) is 0. The fraction of sp³-hybridized carbons (Fsp3) is 0.310. The van der Waals surface area contributed by atoms with Crippen molar-refractivity contribution in [3.63, 3.8) is 0 Å². The molecule has 33 heavy (non-hydrogen) atoms. The van der Waals surface area contributed by atoms with Gasteiger partial charge in [0, 0.05) is 18.0 Å². The Morgan fingerprint density at radius 2 is 1.67 bits per heavy atom. The summed E-state index contributed by atoms with van der Waals surface area (Å²) in [6.45, 7) is 4.72. The molecular formula is C29H32N2O2. The van der Waals surface area contributed by atoms with E-state index in [1.165, 1.54) is 5.56 Å². The summed E-state index contributed by atoms with van der Waals surface area (Å²) >= 11 is 0. The molecule has 0 saturated carbocycles. The van der Waals surface area contributed by atoms with Gasteiger partial charge in [-0.05, 0) is 60.1 Å². The molecule has 3 aromatic rings. The van der Waals surface area contributed by atoms with Crippen LogP contribution in [0.1, 0.15) is 53.7 Å². The molecule has 0 heterocycles. The number of rotatable bonds is 11. The maximum Gasteiger partial charge on any atom is 0.251 e. The molecule has 0 aliphatic heterocycles. The van der Waals surface area contributed by atoms with Crippen LogP contribution in [0.25, 0.3) is 0 Å². The van der Waals surface area contributed by atoms with E-state index >= 15 is 0 Å². The number of aryl methyl sites for hydroxylation is 1. The molecule has 3 aromatic carbocycles. The predicted molar refractivity (Wildman–Crippen MR) is 132 cm³/mol. The monoisotopic (exact) mass is 440 g/mol. The first kappa shape index (κ1) is 24.1. The minimum absolute atomic E-state index is 0.0351. The lowest BCUT2D eigenvalue weighted by molar-refractivity contribution is 0.0931. The van der Waals surface area contributed by atoms with Gasteiger partial charge < -0.3 is 10.1 Å². The Morgan fingerprint density at radius 1 is 0.970 bits per heavy atom. The number of nitrogens with zero attached hydrogens (tertiary/aromatic N) is 1. The molecular weight excluding hydrogens is 408 g/mol. The van der Waals surface area contributed by atoms with Gasteiger partial charge in [0.1, 0.15) is 12.4 Å². The largest absolute Gasteiger partial charge is 0.489 e. The van der Waals surface area contributed by atoms with Crippen molar-refractivity contribution in [2.75, 3.05) is 0 Å². The molecule has 1 amide bonds. The molecule has 0 saturated heterocycles. The lowest BCUT2D eigenvalue weighted by atomic mass is 9.95. The molecule has 1 atom stereocenters. The van der Waals surface area contributed by atoms with Gasteiger partial charge in [-0.3, -0.25) is 4.79 Å². The molecule has 0 fully saturated rings. The van der Waals surface area contributed by atoms with Crippen molar-refractivity contribution >= 4 is 5.91 Å². The van der Waals surface area contributed by atoms with Crippen LogP contribution in [-0.2, 0) is 19.4 Å². The average Bonchev–Trinajstić information content (AvgIpc) is 2.82. The Labute approximate surface area is 197 Å². The number of hydrogen-bond donors (Lipinski definition) is 1. The van der Waals surface area contributed by atoms with Crippen LogP contribution in [0.2, 0.25) is 0 Å². The van der Waals surface area contributed by atoms with Crippen LogP contribution < -0.4 is 10.1 Å². The summed E-state index contributed by atoms with van der Waals surface area (Å²) in [6, 6.07) is 27.9. The molecule has 4 nitrogen and oxygen atoms in total. The Morgan fingerprint density at radius 3 is 2.33 bits per heavy atom. The lowest BCUT2D eigenvalue weighted by Gasteiger charge is -2.22. The second-order valence-electron chi connectivity index (χ2n) is 8.74. The van der Waals surface area contributed by atoms with Gasteiger partial charge >= 0.3 is 0 Å². The molecule has 0 radical (unpaired) electrons. The third-order valence-corrected chi connectivity index (χ3v) is 5.49. The Balaban J connectivity index is 1.78. The zero-order chi connectivity index (χ0) is 23.5. The third kappa shape index (κ3) is 7.80. The van der Waals surface area contributed by atoms with Gasteiger partial charge in [0.2, 0.25) is 0 Å². The van der Waals surface area contributed by atoms with E-state index < -0.39 is 0 Å². The second-order valence-corrected chi connectivity index (χ2v) is 8.74. The van der Waals surface area contributed by atoms with E-state index in [2.05, 4.69) is 37.4 Å². The van der Waals surface area contributed by atoms with Crippen LogP contribution in [0.5, 0.6) is 5.75 Å². The lowest BCUT2D eigenvalue weighted by Crippen LogP contribution is -2.38. The molecule has 0 aliphatic rings. The van der Waals surface area contributed by atoms with Crippen molar-refractivity contribution in [2.45, 2.75) is 52.2 Å². The highest BCUT2D eigenvalue weighted by Crippen LogP contribution is 2.19. The maximum absolute atomic E-state index is 13.4. The van der Waals surface area contributed by atoms with Crippen LogP contribution in [0.3, 0.4) is 0 Å². The van der Waals surface area contributed by atoms with Gasteiger partial charge in [-0.25, -0.2) is 0 Å². The normalized spacial score (nSPS) is 11.6. The van der Waals surface area contributed by atoms with Crippen molar-refractivity contribution in [3.8, 4) is 11.8 Å². The summed E-state index contributed by atoms with van der Waals surface area (Å²) in [4.78, 5) is 13.4. The van der Waals surface area contributed by atoms with Crippen LogP contribution in [0.15, 0.2) is 78.9 Å². The first-order valence-corrected chi connectivity index (χ1v) is 11.6. The first-order valence-electron chi connectivity index (χ1n) is 11.6. The van der Waals surface area contributed by atoms with Gasteiger partial charge in [0.25, 0.3) is 5.91 Å². The van der Waals surface area contributed by atoms with Crippen molar-refractivity contribution in [1.29, 1.82) is 5.26 Å². The summed E-state index contributed by atoms with van der Waals surface area (Å²) in [5.41, 5.74) is 3.65. The highest BCUT2D eigenvalue weighted by molar-refractivity contribution is 5.96. The SMILES string of the molecule is CC(C)CC(Cc1ccccc1)NC(=O)c1cc(COc2ccccc2)ccc1CCC#N. The smallest absolute Gasteiger partial charge is 0.251 e. The number of amides is 1. The minimum atomic E-state index is -0.0916. The second kappa shape index (κ2) is 12.5. The van der Waals surface area contributed by atoms with E-state index in [9.17, 15) is 4.79 Å². The molecule has 1 N–H and O–H groups in total. The van der Waals surface area contributed by atoms with Crippen molar-refractivity contribution in [1.82, 2.24) is 5.32 Å². The minimum Gasteiger partial charge on any atom is -0.489 e. The van der Waals surface area contributed by atoms with Gasteiger partial charge in [0.15, 0.2) is 0 Å². The number of hydrogen-bond acceptors (Lipinski definition) is 3. The molecule has 0 aliphatic carbocycles. The molecule has 170 valence electrons. The Hall–Kier alpha value is -3.58. The zero-order valence-electron chi connectivity index (χ0n) is 19.5. The highest BCUT2D eigenvalue weighted by atomic mass is 16.5. The number of ether oxygens (including phenoxy) is 1. The fourth-order valence-electron chi connectivity index (χ4n) is 3.94. The van der Waals surface area contributed by atoms with Crippen LogP contribution in [0.4, 0.5) is 0 Å². The molecule has 3 rings (SSSR count). The Bertz CT molecular complexity index is 1060. The molecule has 0 bridgehead atoms. The number of nitrogens with one attached hydrogen (secondary N) is 1. The molecule has 4 heteroatoms. The summed E-state index contributed by atoms with van der Waals surface area (Å²) in [6.07, 6.45) is 2.60. The van der Waals surface area contributed by atoms with Crippen LogP contribution in [0, 0.1) is 17.2 Å². The van der Waals surface area contributed by atoms with Crippen LogP contribution in [-0.4, -0.2) is 11.9 Å². The van der Waals surface area contributed by atoms with Crippen molar-refractivity contribution in [3.05, 3.63) is 101 Å². The summed E-state index contributed by atoms with van der Waals surface area (Å²) in [5.74, 6) is 1.16. The number of carbonyl (C=O) groups excluding carboxylic acids is 1. The van der Waals surface area contributed by atoms with E-state index in [-0.39, 0.29) is 11.9 Å². The van der Waals surface area contributed by atoms with Gasteiger partial charge in [-0.1, -0.05) is 74.5 Å². The van der Waals surface area contributed by atoms with Crippen molar-refractivity contribution in [2.24, 2.45) is 5.92 Å². The first-order chi connectivity index (χ1) is 16.0. The van der Waals surface area contributed by atoms with E-state index in [0.717, 1.165) is 29.7 Å². The topological polar surface area (TPSA) is 62.1 Å². The highest BCUT2D eigenvalue weighted by Gasteiger charge is 2.19. The van der Waals surface area contributed by atoms with E-state index in [1.807, 2.05) is 66.7 Å². The Kier molecular flexibility index (Phi) is 9.08. The van der Waals surface area contributed by atoms with E-state index in [4.69, 9.17) is 10.00 Å². The van der Waals surface area contributed by atoms with Gasteiger partial charge in [-0.15, -0.1) is 0 Å². The fourth-order valence-corrected chi connectivity index (χ4v) is 3.94. The quantitative estimate of drug-likeness (QED) is 0.391. The van der Waals surface area contributed by atoms with Crippen molar-refractivity contribution < 1.29 is 9.53 Å². The molecule has 0 spiro atoms. The predicted octanol–water partition coefficient (Wildman–Crippen LogP) is 6.11. The number of carbonyl (C=O) groups is 1. The molecule has 1 unspecified atom stereocenters. The third-order valence-electron chi connectivity index (χ3n) is 5.49. The van der Waals surface area contributed by atoms with Gasteiger partial charge in [0.05, 0.1) is 6.07 Å². The number of nitriles is 1. The maximum atomic E-state index is 13.4.